The van der Waals surface area contributed by atoms with Crippen molar-refractivity contribution < 1.29 is 19.1 Å². The molecule has 0 atom stereocenters. The van der Waals surface area contributed by atoms with Gasteiger partial charge < -0.3 is 14.8 Å². The molecule has 0 aliphatic carbocycles. The summed E-state index contributed by atoms with van der Waals surface area (Å²) >= 11 is 2.14. The summed E-state index contributed by atoms with van der Waals surface area (Å²) in [7, 11) is 3.13. The largest absolute Gasteiger partial charge is 0.493 e. The molecule has 0 saturated heterocycles. The van der Waals surface area contributed by atoms with E-state index in [1.165, 1.54) is 13.1 Å². The van der Waals surface area contributed by atoms with Gasteiger partial charge in [-0.1, -0.05) is 0 Å². The van der Waals surface area contributed by atoms with Gasteiger partial charge >= 0.3 is 0 Å². The van der Waals surface area contributed by atoms with Gasteiger partial charge in [0.15, 0.2) is 11.5 Å². The van der Waals surface area contributed by atoms with E-state index in [2.05, 4.69) is 38.4 Å². The molecular weight excluding hydrogens is 449 g/mol. The molecule has 0 saturated carbocycles. The van der Waals surface area contributed by atoms with E-state index in [4.69, 9.17) is 9.47 Å². The molecule has 0 aliphatic rings. The highest BCUT2D eigenvalue weighted by atomic mass is 127. The molecule has 2 N–H and O–H groups in total. The van der Waals surface area contributed by atoms with E-state index in [1.807, 2.05) is 6.07 Å². The van der Waals surface area contributed by atoms with E-state index >= 15 is 0 Å². The van der Waals surface area contributed by atoms with Crippen LogP contribution in [0.25, 0.3) is 0 Å². The Morgan fingerprint density at radius 3 is 2.38 bits per heavy atom. The van der Waals surface area contributed by atoms with Crippen molar-refractivity contribution in [2.24, 2.45) is 5.10 Å². The predicted molar refractivity (Wildman–Crippen MR) is 108 cm³/mol. The number of nitrogens with one attached hydrogen (secondary N) is 2. The summed E-state index contributed by atoms with van der Waals surface area (Å²) in [5.74, 6) is 0.705. The molecule has 136 valence electrons. The third-order valence-electron chi connectivity index (χ3n) is 3.30. The summed E-state index contributed by atoms with van der Waals surface area (Å²) in [6.45, 7) is 1.42. The molecule has 2 rings (SSSR count). The van der Waals surface area contributed by atoms with Crippen molar-refractivity contribution in [3.05, 3.63) is 51.1 Å². The highest BCUT2D eigenvalue weighted by molar-refractivity contribution is 14.1. The highest BCUT2D eigenvalue weighted by Crippen LogP contribution is 2.32. The number of anilines is 1. The minimum absolute atomic E-state index is 0.170. The number of rotatable bonds is 6. The minimum atomic E-state index is -0.356. The lowest BCUT2D eigenvalue weighted by Crippen LogP contribution is -2.17. The molecule has 0 heterocycles. The first-order valence-corrected chi connectivity index (χ1v) is 8.65. The molecule has 2 amide bonds. The van der Waals surface area contributed by atoms with Gasteiger partial charge in [-0.3, -0.25) is 9.59 Å². The lowest BCUT2D eigenvalue weighted by molar-refractivity contribution is -0.114. The minimum Gasteiger partial charge on any atom is -0.493 e. The number of ether oxygens (including phenoxy) is 2. The van der Waals surface area contributed by atoms with Crippen LogP contribution in [0, 0.1) is 3.57 Å². The third-order valence-corrected chi connectivity index (χ3v) is 4.10. The van der Waals surface area contributed by atoms with Gasteiger partial charge in [-0.2, -0.15) is 5.10 Å². The van der Waals surface area contributed by atoms with E-state index in [9.17, 15) is 9.59 Å². The first-order chi connectivity index (χ1) is 12.4. The number of carbonyl (C=O) groups excluding carboxylic acids is 2. The van der Waals surface area contributed by atoms with Crippen LogP contribution in [0.1, 0.15) is 22.8 Å². The first kappa shape index (κ1) is 19.7. The van der Waals surface area contributed by atoms with Gasteiger partial charge in [0.2, 0.25) is 5.91 Å². The summed E-state index contributed by atoms with van der Waals surface area (Å²) < 4.78 is 11.4. The number of hydrazone groups is 1. The lowest BCUT2D eigenvalue weighted by Gasteiger charge is -2.10. The van der Waals surface area contributed by atoms with Gasteiger partial charge in [0.25, 0.3) is 5.91 Å². The fourth-order valence-corrected chi connectivity index (χ4v) is 3.00. The van der Waals surface area contributed by atoms with Crippen LogP contribution in [0.15, 0.2) is 41.5 Å². The molecule has 26 heavy (non-hydrogen) atoms. The van der Waals surface area contributed by atoms with Crippen LogP contribution >= 0.6 is 22.6 Å². The van der Waals surface area contributed by atoms with E-state index in [0.717, 1.165) is 9.13 Å². The summed E-state index contributed by atoms with van der Waals surface area (Å²) in [5, 5.41) is 6.60. The molecule has 2 aromatic rings. The van der Waals surface area contributed by atoms with Gasteiger partial charge in [0.05, 0.1) is 24.0 Å². The smallest absolute Gasteiger partial charge is 0.271 e. The van der Waals surface area contributed by atoms with E-state index < -0.39 is 0 Å². The third kappa shape index (κ3) is 5.19. The SMILES string of the molecule is COc1cc(/C=N\NC(=O)c2ccc(NC(C)=O)cc2)cc(I)c1OC. The number of hydrogen-bond donors (Lipinski definition) is 2. The van der Waals surface area contributed by atoms with E-state index in [-0.39, 0.29) is 11.8 Å². The van der Waals surface area contributed by atoms with Crippen LogP contribution in [0.2, 0.25) is 0 Å². The topological polar surface area (TPSA) is 89.0 Å². The zero-order valence-electron chi connectivity index (χ0n) is 14.5. The molecule has 0 aliphatic heterocycles. The number of benzene rings is 2. The molecule has 0 unspecified atom stereocenters. The van der Waals surface area contributed by atoms with Crippen LogP contribution < -0.4 is 20.2 Å². The number of hydrogen-bond acceptors (Lipinski definition) is 5. The van der Waals surface area contributed by atoms with Crippen molar-refractivity contribution in [3.8, 4) is 11.5 Å². The van der Waals surface area contributed by atoms with Gasteiger partial charge in [-0.25, -0.2) is 5.43 Å². The summed E-state index contributed by atoms with van der Waals surface area (Å²) in [5.41, 5.74) is 4.27. The zero-order chi connectivity index (χ0) is 19.1. The Bertz CT molecular complexity index is 835. The quantitative estimate of drug-likeness (QED) is 0.389. The van der Waals surface area contributed by atoms with Gasteiger partial charge in [0.1, 0.15) is 0 Å². The molecular formula is C18H18IN3O4. The van der Waals surface area contributed by atoms with Crippen LogP contribution in [-0.4, -0.2) is 32.2 Å². The van der Waals surface area contributed by atoms with Crippen molar-refractivity contribution in [2.45, 2.75) is 6.92 Å². The van der Waals surface area contributed by atoms with Crippen LogP contribution in [0.3, 0.4) is 0 Å². The Labute approximate surface area is 164 Å². The second-order valence-electron chi connectivity index (χ2n) is 5.20. The monoisotopic (exact) mass is 467 g/mol. The average molecular weight is 467 g/mol. The molecule has 8 heteroatoms. The van der Waals surface area contributed by atoms with Crippen LogP contribution in [0.4, 0.5) is 5.69 Å². The Morgan fingerprint density at radius 1 is 1.12 bits per heavy atom. The maximum Gasteiger partial charge on any atom is 0.271 e. The second kappa shape index (κ2) is 9.18. The number of nitrogens with zero attached hydrogens (tertiary/aromatic N) is 1. The van der Waals surface area contributed by atoms with Crippen molar-refractivity contribution >= 4 is 46.3 Å². The predicted octanol–water partition coefficient (Wildman–Crippen LogP) is 3.03. The summed E-state index contributed by atoms with van der Waals surface area (Å²) in [6.07, 6.45) is 1.52. The Kier molecular flexibility index (Phi) is 6.96. The molecule has 7 nitrogen and oxygen atoms in total. The fraction of sp³-hybridized carbons (Fsp3) is 0.167. The van der Waals surface area contributed by atoms with E-state index in [0.29, 0.717) is 22.7 Å². The number of carbonyl (C=O) groups is 2. The maximum absolute atomic E-state index is 12.1. The van der Waals surface area contributed by atoms with Crippen molar-refractivity contribution in [2.75, 3.05) is 19.5 Å². The molecule has 0 fully saturated rings. The number of halogens is 1. The van der Waals surface area contributed by atoms with E-state index in [1.54, 1.807) is 44.6 Å². The molecule has 0 radical (unpaired) electrons. The molecule has 0 spiro atoms. The van der Waals surface area contributed by atoms with Gasteiger partial charge in [-0.15, -0.1) is 0 Å². The average Bonchev–Trinajstić information content (AvgIpc) is 2.61. The van der Waals surface area contributed by atoms with Crippen molar-refractivity contribution in [1.82, 2.24) is 5.43 Å². The summed E-state index contributed by atoms with van der Waals surface area (Å²) in [4.78, 5) is 23.1. The Balaban J connectivity index is 2.05. The zero-order valence-corrected chi connectivity index (χ0v) is 16.7. The van der Waals surface area contributed by atoms with Crippen molar-refractivity contribution in [1.29, 1.82) is 0 Å². The highest BCUT2D eigenvalue weighted by Gasteiger charge is 2.10. The molecule has 0 aromatic heterocycles. The fourth-order valence-electron chi connectivity index (χ4n) is 2.15. The lowest BCUT2D eigenvalue weighted by atomic mass is 10.2. The van der Waals surface area contributed by atoms with Gasteiger partial charge in [-0.05, 0) is 64.6 Å². The maximum atomic E-state index is 12.1. The number of methoxy groups -OCH3 is 2. The Morgan fingerprint density at radius 2 is 1.81 bits per heavy atom. The second-order valence-corrected chi connectivity index (χ2v) is 6.36. The summed E-state index contributed by atoms with van der Waals surface area (Å²) in [6, 6.07) is 10.1. The number of amides is 2. The molecule has 2 aromatic carbocycles. The van der Waals surface area contributed by atoms with Crippen LogP contribution in [-0.2, 0) is 4.79 Å². The first-order valence-electron chi connectivity index (χ1n) is 7.57. The standard InChI is InChI=1S/C18H18IN3O4/c1-11(23)21-14-6-4-13(5-7-14)18(24)22-20-10-12-8-15(19)17(26-3)16(9-12)25-2/h4-10H,1-3H3,(H,21,23)(H,22,24)/b20-10-. The normalized spacial score (nSPS) is 10.5. The van der Waals surface area contributed by atoms with Crippen LogP contribution in [0.5, 0.6) is 11.5 Å². The molecule has 0 bridgehead atoms. The Hall–Kier alpha value is -2.62. The van der Waals surface area contributed by atoms with Crippen molar-refractivity contribution in [3.63, 3.8) is 0 Å². The van der Waals surface area contributed by atoms with Gasteiger partial charge in [0, 0.05) is 18.2 Å².